The molecule has 0 aliphatic carbocycles. The van der Waals surface area contributed by atoms with Gasteiger partial charge in [-0.15, -0.1) is 11.3 Å². The first kappa shape index (κ1) is 24.3. The smallest absolute Gasteiger partial charge is 0.325 e. The maximum Gasteiger partial charge on any atom is 0.417 e. The molecule has 0 radical (unpaired) electrons. The van der Waals surface area contributed by atoms with Crippen LogP contribution in [0.4, 0.5) is 18.9 Å². The van der Waals surface area contributed by atoms with Crippen LogP contribution in [-0.2, 0) is 11.0 Å². The number of nitrogens with zero attached hydrogens (tertiary/aromatic N) is 2. The van der Waals surface area contributed by atoms with E-state index >= 15 is 0 Å². The van der Waals surface area contributed by atoms with E-state index in [1.165, 1.54) is 22.0 Å². The Morgan fingerprint density at radius 2 is 1.88 bits per heavy atom. The molecule has 4 rings (SSSR count). The minimum absolute atomic E-state index is 0.0318. The number of thioether (sulfide) groups is 1. The van der Waals surface area contributed by atoms with Gasteiger partial charge >= 0.3 is 6.18 Å². The number of carbonyl (C=O) groups excluding carboxylic acids is 1. The van der Waals surface area contributed by atoms with E-state index in [1.807, 2.05) is 19.9 Å². The van der Waals surface area contributed by atoms with Crippen LogP contribution in [0.25, 0.3) is 15.9 Å². The average Bonchev–Trinajstić information content (AvgIpc) is 3.07. The number of aryl methyl sites for hydroxylation is 2. The van der Waals surface area contributed by atoms with Crippen LogP contribution in [0.1, 0.15) is 16.0 Å². The number of hydrogen-bond donors (Lipinski definition) is 1. The van der Waals surface area contributed by atoms with Gasteiger partial charge in [0.2, 0.25) is 5.91 Å². The van der Waals surface area contributed by atoms with Crippen molar-refractivity contribution in [1.82, 2.24) is 9.55 Å². The normalized spacial score (nSPS) is 11.7. The number of anilines is 1. The van der Waals surface area contributed by atoms with Crippen LogP contribution >= 0.6 is 34.7 Å². The second-order valence-corrected chi connectivity index (χ2v) is 9.92. The van der Waals surface area contributed by atoms with Crippen LogP contribution in [0, 0.1) is 13.8 Å². The zero-order valence-electron chi connectivity index (χ0n) is 17.9. The topological polar surface area (TPSA) is 64.0 Å². The largest absolute Gasteiger partial charge is 0.417 e. The van der Waals surface area contributed by atoms with Crippen molar-refractivity contribution in [2.75, 3.05) is 11.1 Å². The summed E-state index contributed by atoms with van der Waals surface area (Å²) in [6.07, 6.45) is -4.64. The molecular formula is C23H17ClF3N3O2S2. The molecule has 0 spiro atoms. The number of rotatable bonds is 5. The summed E-state index contributed by atoms with van der Waals surface area (Å²) in [7, 11) is 0. The minimum atomic E-state index is -4.64. The van der Waals surface area contributed by atoms with Crippen molar-refractivity contribution < 1.29 is 18.0 Å². The standard InChI is InChI=1S/C23H17ClF3N3O2S2/c1-12-13(2)34-20-19(12)21(32)30(15-6-4-3-5-7-15)22(29-20)33-11-18(31)28-14-8-9-17(24)16(10-14)23(25,26)27/h3-10H,11H2,1-2H3,(H,28,31). The van der Waals surface area contributed by atoms with E-state index in [0.29, 0.717) is 21.1 Å². The molecule has 0 saturated heterocycles. The summed E-state index contributed by atoms with van der Waals surface area (Å²) < 4.78 is 40.7. The number of benzene rings is 2. The van der Waals surface area contributed by atoms with Crippen molar-refractivity contribution in [2.45, 2.75) is 25.2 Å². The Labute approximate surface area is 205 Å². The lowest BCUT2D eigenvalue weighted by Crippen LogP contribution is -2.22. The van der Waals surface area contributed by atoms with Crippen molar-refractivity contribution in [3.05, 3.63) is 79.9 Å². The first-order valence-corrected chi connectivity index (χ1v) is 12.1. The lowest BCUT2D eigenvalue weighted by molar-refractivity contribution is -0.137. The highest BCUT2D eigenvalue weighted by Gasteiger charge is 2.33. The molecule has 2 aromatic carbocycles. The van der Waals surface area contributed by atoms with E-state index in [0.717, 1.165) is 34.3 Å². The third kappa shape index (κ3) is 4.84. The molecule has 0 unspecified atom stereocenters. The van der Waals surface area contributed by atoms with Gasteiger partial charge in [0.1, 0.15) is 4.83 Å². The summed E-state index contributed by atoms with van der Waals surface area (Å²) in [5.41, 5.74) is 0.150. The SMILES string of the molecule is Cc1sc2nc(SCC(=O)Nc3ccc(Cl)c(C(F)(F)F)c3)n(-c3ccccc3)c(=O)c2c1C. The second kappa shape index (κ2) is 9.44. The lowest BCUT2D eigenvalue weighted by Gasteiger charge is -2.13. The molecule has 2 heterocycles. The molecule has 0 bridgehead atoms. The fourth-order valence-electron chi connectivity index (χ4n) is 3.32. The van der Waals surface area contributed by atoms with Gasteiger partial charge in [-0.05, 0) is 49.7 Å². The van der Waals surface area contributed by atoms with Crippen molar-refractivity contribution in [3.63, 3.8) is 0 Å². The fourth-order valence-corrected chi connectivity index (χ4v) is 5.43. The summed E-state index contributed by atoms with van der Waals surface area (Å²) >= 11 is 8.05. The summed E-state index contributed by atoms with van der Waals surface area (Å²) in [6, 6.07) is 12.1. The molecule has 11 heteroatoms. The van der Waals surface area contributed by atoms with E-state index in [2.05, 4.69) is 10.3 Å². The van der Waals surface area contributed by atoms with Gasteiger partial charge in [-0.2, -0.15) is 13.2 Å². The summed E-state index contributed by atoms with van der Waals surface area (Å²) in [5, 5.41) is 2.83. The highest BCUT2D eigenvalue weighted by molar-refractivity contribution is 7.99. The van der Waals surface area contributed by atoms with Crippen LogP contribution < -0.4 is 10.9 Å². The van der Waals surface area contributed by atoms with E-state index < -0.39 is 22.7 Å². The van der Waals surface area contributed by atoms with Crippen LogP contribution in [0.3, 0.4) is 0 Å². The number of aromatic nitrogens is 2. The quantitative estimate of drug-likeness (QED) is 0.241. The fraction of sp³-hybridized carbons (Fsp3) is 0.174. The first-order valence-electron chi connectivity index (χ1n) is 9.94. The molecule has 0 saturated carbocycles. The highest BCUT2D eigenvalue weighted by atomic mass is 35.5. The predicted octanol–water partition coefficient (Wildman–Crippen LogP) is 6.47. The number of halogens is 4. The molecule has 1 N–H and O–H groups in total. The number of fused-ring (bicyclic) bond motifs is 1. The summed E-state index contributed by atoms with van der Waals surface area (Å²) in [5.74, 6) is -0.717. The van der Waals surface area contributed by atoms with Gasteiger partial charge in [0.25, 0.3) is 5.56 Å². The van der Waals surface area contributed by atoms with E-state index in [-0.39, 0.29) is 17.0 Å². The number of thiophene rings is 1. The van der Waals surface area contributed by atoms with Crippen LogP contribution in [0.15, 0.2) is 58.5 Å². The predicted molar refractivity (Wildman–Crippen MR) is 130 cm³/mol. The second-order valence-electron chi connectivity index (χ2n) is 7.36. The van der Waals surface area contributed by atoms with Crippen LogP contribution in [0.5, 0.6) is 0 Å². The molecule has 2 aromatic heterocycles. The third-order valence-electron chi connectivity index (χ3n) is 5.07. The molecule has 0 aliphatic rings. The molecular weight excluding hydrogens is 507 g/mol. The van der Waals surface area contributed by atoms with Gasteiger partial charge in [-0.3, -0.25) is 14.2 Å². The molecule has 34 heavy (non-hydrogen) atoms. The van der Waals surface area contributed by atoms with Gasteiger partial charge in [-0.1, -0.05) is 41.6 Å². The Morgan fingerprint density at radius 1 is 1.18 bits per heavy atom. The number of amides is 1. The molecule has 0 fully saturated rings. The van der Waals surface area contributed by atoms with Crippen molar-refractivity contribution >= 4 is 56.5 Å². The third-order valence-corrected chi connectivity index (χ3v) is 7.44. The number of nitrogens with one attached hydrogen (secondary N) is 1. The zero-order valence-corrected chi connectivity index (χ0v) is 20.3. The Hall–Kier alpha value is -2.82. The van der Waals surface area contributed by atoms with Crippen molar-refractivity contribution in [1.29, 1.82) is 0 Å². The first-order chi connectivity index (χ1) is 16.1. The van der Waals surface area contributed by atoms with E-state index in [4.69, 9.17) is 11.6 Å². The Balaban J connectivity index is 1.64. The lowest BCUT2D eigenvalue weighted by atomic mass is 10.2. The molecule has 0 aliphatic heterocycles. The minimum Gasteiger partial charge on any atom is -0.325 e. The molecule has 0 atom stereocenters. The number of alkyl halides is 3. The van der Waals surface area contributed by atoms with Crippen LogP contribution in [-0.4, -0.2) is 21.2 Å². The van der Waals surface area contributed by atoms with Gasteiger partial charge in [0.05, 0.1) is 27.4 Å². The maximum absolute atomic E-state index is 13.4. The van der Waals surface area contributed by atoms with Gasteiger partial charge in [0.15, 0.2) is 5.16 Å². The monoisotopic (exact) mass is 523 g/mol. The van der Waals surface area contributed by atoms with Crippen molar-refractivity contribution in [3.8, 4) is 5.69 Å². The Kier molecular flexibility index (Phi) is 6.75. The number of carbonyl (C=O) groups is 1. The van der Waals surface area contributed by atoms with Crippen molar-refractivity contribution in [2.24, 2.45) is 0 Å². The molecule has 4 aromatic rings. The average molecular weight is 524 g/mol. The Bertz CT molecular complexity index is 1450. The molecule has 176 valence electrons. The summed E-state index contributed by atoms with van der Waals surface area (Å²) in [6.45, 7) is 3.78. The van der Waals surface area contributed by atoms with E-state index in [1.54, 1.807) is 24.3 Å². The zero-order chi connectivity index (χ0) is 24.6. The van der Waals surface area contributed by atoms with Gasteiger partial charge < -0.3 is 5.32 Å². The van der Waals surface area contributed by atoms with Crippen LogP contribution in [0.2, 0.25) is 5.02 Å². The number of para-hydroxylation sites is 1. The Morgan fingerprint density at radius 3 is 2.56 bits per heavy atom. The highest BCUT2D eigenvalue weighted by Crippen LogP contribution is 2.36. The van der Waals surface area contributed by atoms with Gasteiger partial charge in [0, 0.05) is 10.6 Å². The molecule has 1 amide bonds. The van der Waals surface area contributed by atoms with E-state index in [9.17, 15) is 22.8 Å². The van der Waals surface area contributed by atoms with Gasteiger partial charge in [-0.25, -0.2) is 4.98 Å². The molecule has 5 nitrogen and oxygen atoms in total. The number of hydrogen-bond acceptors (Lipinski definition) is 5. The summed E-state index contributed by atoms with van der Waals surface area (Å²) in [4.78, 5) is 32.1. The maximum atomic E-state index is 13.4.